The molecule has 1 fully saturated rings. The van der Waals surface area contributed by atoms with E-state index in [9.17, 15) is 9.90 Å². The molecule has 0 bridgehead atoms. The molecule has 138 valence electrons. The maximum atomic E-state index is 12.7. The van der Waals surface area contributed by atoms with Crippen LogP contribution < -0.4 is 10.8 Å². The average Bonchev–Trinajstić information content (AvgIpc) is 2.96. The summed E-state index contributed by atoms with van der Waals surface area (Å²) in [4.78, 5) is 20.0. The molecule has 0 saturated carbocycles. The molecule has 0 aromatic heterocycles. The van der Waals surface area contributed by atoms with Crippen LogP contribution in [0.25, 0.3) is 0 Å². The molecule has 7 nitrogen and oxygen atoms in total. The van der Waals surface area contributed by atoms with E-state index in [0.717, 1.165) is 32.6 Å². The number of likely N-dealkylation sites (N-methyl/N-ethyl adjacent to an activating group) is 1. The fraction of sp³-hybridized carbons (Fsp3) is 0.824. The van der Waals surface area contributed by atoms with Gasteiger partial charge in [-0.15, -0.1) is 5.48 Å². The summed E-state index contributed by atoms with van der Waals surface area (Å²) >= 11 is 0. The van der Waals surface area contributed by atoms with Crippen LogP contribution in [0.1, 0.15) is 40.5 Å². The van der Waals surface area contributed by atoms with Crippen LogP contribution in [0.5, 0.6) is 0 Å². The Morgan fingerprint density at radius 2 is 2.00 bits per heavy atom. The lowest BCUT2D eigenvalue weighted by molar-refractivity contribution is -0.132. The van der Waals surface area contributed by atoms with E-state index in [0.29, 0.717) is 11.8 Å². The molecular formula is C17H31N3O4. The topological polar surface area (TPSA) is 83.1 Å². The second-order valence-corrected chi connectivity index (χ2v) is 7.83. The monoisotopic (exact) mass is 341 g/mol. The van der Waals surface area contributed by atoms with Crippen molar-refractivity contribution in [2.24, 2.45) is 5.92 Å². The van der Waals surface area contributed by atoms with Crippen LogP contribution in [-0.2, 0) is 14.4 Å². The first-order valence-corrected chi connectivity index (χ1v) is 8.57. The minimum Gasteiger partial charge on any atom is -0.390 e. The van der Waals surface area contributed by atoms with Crippen LogP contribution in [0.3, 0.4) is 0 Å². The van der Waals surface area contributed by atoms with Gasteiger partial charge >= 0.3 is 0 Å². The number of hydroxylamine groups is 1. The second-order valence-electron chi connectivity index (χ2n) is 7.83. The summed E-state index contributed by atoms with van der Waals surface area (Å²) in [5.74, 6) is 0.750. The Morgan fingerprint density at radius 1 is 1.38 bits per heavy atom. The molecule has 0 aliphatic carbocycles. The van der Waals surface area contributed by atoms with Gasteiger partial charge in [0, 0.05) is 25.8 Å². The van der Waals surface area contributed by atoms with Gasteiger partial charge in [-0.3, -0.25) is 15.0 Å². The number of nitrogens with zero attached hydrogens (tertiary/aromatic N) is 1. The highest BCUT2D eigenvalue weighted by molar-refractivity contribution is 5.86. The van der Waals surface area contributed by atoms with Crippen molar-refractivity contribution in [1.82, 2.24) is 15.7 Å². The van der Waals surface area contributed by atoms with Crippen molar-refractivity contribution < 1.29 is 19.5 Å². The van der Waals surface area contributed by atoms with E-state index in [2.05, 4.69) is 15.7 Å². The van der Waals surface area contributed by atoms with Crippen LogP contribution in [0, 0.1) is 5.92 Å². The fourth-order valence-electron chi connectivity index (χ4n) is 2.74. The molecule has 24 heavy (non-hydrogen) atoms. The predicted molar refractivity (Wildman–Crippen MR) is 90.8 cm³/mol. The molecule has 0 aromatic rings. The summed E-state index contributed by atoms with van der Waals surface area (Å²) in [5, 5.41) is 12.8. The zero-order valence-corrected chi connectivity index (χ0v) is 15.4. The molecule has 1 amide bonds. The third kappa shape index (κ3) is 4.69. The van der Waals surface area contributed by atoms with Gasteiger partial charge in [-0.2, -0.15) is 0 Å². The van der Waals surface area contributed by atoms with E-state index in [4.69, 9.17) is 9.57 Å². The van der Waals surface area contributed by atoms with Crippen molar-refractivity contribution in [3.8, 4) is 0 Å². The Balaban J connectivity index is 1.92. The lowest BCUT2D eigenvalue weighted by atomic mass is 9.95. The van der Waals surface area contributed by atoms with Gasteiger partial charge in [0.25, 0.3) is 0 Å². The standard InChI is InChI=1S/C17H31N3O4/c1-16(2,20(5)11-12-6-8-23-9-7-12)15(21)18-14-10-13(19-24-14)17(3,4)22/h10,12-13,19,22H,6-9,11H2,1-5H3,(H,18,21). The largest absolute Gasteiger partial charge is 0.390 e. The molecule has 2 aliphatic heterocycles. The van der Waals surface area contributed by atoms with E-state index < -0.39 is 11.1 Å². The highest BCUT2D eigenvalue weighted by Crippen LogP contribution is 2.22. The predicted octanol–water partition coefficient (Wildman–Crippen LogP) is 0.755. The van der Waals surface area contributed by atoms with E-state index in [-0.39, 0.29) is 11.9 Å². The van der Waals surface area contributed by atoms with Gasteiger partial charge in [-0.1, -0.05) is 0 Å². The van der Waals surface area contributed by atoms with Crippen molar-refractivity contribution in [1.29, 1.82) is 0 Å². The lowest BCUT2D eigenvalue weighted by Gasteiger charge is -2.37. The van der Waals surface area contributed by atoms with Gasteiger partial charge in [-0.25, -0.2) is 0 Å². The van der Waals surface area contributed by atoms with Gasteiger partial charge in [-0.05, 0) is 53.5 Å². The van der Waals surface area contributed by atoms with E-state index in [1.54, 1.807) is 19.9 Å². The maximum Gasteiger partial charge on any atom is 0.246 e. The molecule has 0 spiro atoms. The number of carbonyl (C=O) groups excluding carboxylic acids is 1. The molecule has 3 N–H and O–H groups in total. The molecule has 1 unspecified atom stereocenters. The number of ether oxygens (including phenoxy) is 1. The van der Waals surface area contributed by atoms with Gasteiger partial charge < -0.3 is 14.7 Å². The van der Waals surface area contributed by atoms with Gasteiger partial charge in [0.15, 0.2) is 0 Å². The summed E-state index contributed by atoms with van der Waals surface area (Å²) in [5.41, 5.74) is 1.07. The first-order chi connectivity index (χ1) is 11.1. The van der Waals surface area contributed by atoms with E-state index in [1.807, 2.05) is 20.9 Å². The van der Waals surface area contributed by atoms with Crippen LogP contribution in [0.4, 0.5) is 0 Å². The summed E-state index contributed by atoms with van der Waals surface area (Å²) in [6.45, 7) is 9.62. The maximum absolute atomic E-state index is 12.7. The fourth-order valence-corrected chi connectivity index (χ4v) is 2.74. The van der Waals surface area contributed by atoms with Crippen molar-refractivity contribution in [3.05, 3.63) is 12.0 Å². The molecule has 1 atom stereocenters. The Kier molecular flexibility index (Phi) is 5.91. The van der Waals surface area contributed by atoms with Crippen LogP contribution in [-0.4, -0.2) is 59.9 Å². The Morgan fingerprint density at radius 3 is 2.54 bits per heavy atom. The molecule has 2 heterocycles. The van der Waals surface area contributed by atoms with Gasteiger partial charge in [0.2, 0.25) is 11.8 Å². The van der Waals surface area contributed by atoms with E-state index in [1.165, 1.54) is 0 Å². The normalized spacial score (nSPS) is 23.1. The molecule has 7 heteroatoms. The Bertz CT molecular complexity index is 479. The van der Waals surface area contributed by atoms with E-state index >= 15 is 0 Å². The Labute approximate surface area is 144 Å². The molecular weight excluding hydrogens is 310 g/mol. The van der Waals surface area contributed by atoms with Crippen LogP contribution >= 0.6 is 0 Å². The summed E-state index contributed by atoms with van der Waals surface area (Å²) in [7, 11) is 1.97. The number of amides is 1. The highest BCUT2D eigenvalue weighted by Gasteiger charge is 2.36. The highest BCUT2D eigenvalue weighted by atomic mass is 16.7. The third-order valence-corrected chi connectivity index (χ3v) is 4.99. The number of hydrogen-bond acceptors (Lipinski definition) is 6. The van der Waals surface area contributed by atoms with Crippen LogP contribution in [0.2, 0.25) is 0 Å². The van der Waals surface area contributed by atoms with Crippen molar-refractivity contribution in [2.75, 3.05) is 26.8 Å². The van der Waals surface area contributed by atoms with Crippen molar-refractivity contribution >= 4 is 5.91 Å². The number of aliphatic hydroxyl groups is 1. The van der Waals surface area contributed by atoms with Crippen LogP contribution in [0.15, 0.2) is 12.0 Å². The smallest absolute Gasteiger partial charge is 0.246 e. The number of nitrogens with one attached hydrogen (secondary N) is 2. The average molecular weight is 341 g/mol. The lowest BCUT2D eigenvalue weighted by Crippen LogP contribution is -2.54. The summed E-state index contributed by atoms with van der Waals surface area (Å²) in [6, 6.07) is -0.365. The van der Waals surface area contributed by atoms with Gasteiger partial charge in [0.05, 0.1) is 17.2 Å². The van der Waals surface area contributed by atoms with Gasteiger partial charge in [0.1, 0.15) is 0 Å². The minimum atomic E-state index is -0.970. The molecule has 1 saturated heterocycles. The SMILES string of the molecule is CN(CC1CCOCC1)C(C)(C)C(=O)NC1=CC(C(C)(C)O)NO1. The number of hydrogen-bond donors (Lipinski definition) is 3. The molecule has 2 rings (SSSR count). The molecule has 0 radical (unpaired) electrons. The molecule has 2 aliphatic rings. The quantitative estimate of drug-likeness (QED) is 0.661. The minimum absolute atomic E-state index is 0.137. The number of carbonyl (C=O) groups is 1. The number of rotatable bonds is 6. The third-order valence-electron chi connectivity index (χ3n) is 4.99. The van der Waals surface area contributed by atoms with Crippen molar-refractivity contribution in [2.45, 2.75) is 57.7 Å². The molecule has 0 aromatic carbocycles. The zero-order chi connectivity index (χ0) is 18.0. The first kappa shape index (κ1) is 19.2. The summed E-state index contributed by atoms with van der Waals surface area (Å²) in [6.07, 6.45) is 3.76. The van der Waals surface area contributed by atoms with Crippen molar-refractivity contribution in [3.63, 3.8) is 0 Å². The Hall–Kier alpha value is -1.15. The first-order valence-electron chi connectivity index (χ1n) is 8.57. The summed E-state index contributed by atoms with van der Waals surface area (Å²) < 4.78 is 5.39. The second kappa shape index (κ2) is 7.39. The zero-order valence-electron chi connectivity index (χ0n) is 15.4.